The van der Waals surface area contributed by atoms with E-state index in [-0.39, 0.29) is 22.9 Å². The summed E-state index contributed by atoms with van der Waals surface area (Å²) in [4.78, 5) is 23.4. The standard InChI is InChI=1S/C19H33N3O3/c1-19(2)14-15(19)17(23)21-16(18(24)25)8-6-4-5-7-11-22(3)12-9-20-10-13-22/h8,15,20H,4-7,9-14H2,1-3H3,(H-,21,23,24,25)/p+1/b16-8-. The number of carboxylic acids is 1. The zero-order valence-electron chi connectivity index (χ0n) is 15.9. The van der Waals surface area contributed by atoms with Crippen molar-refractivity contribution in [3.05, 3.63) is 11.8 Å². The van der Waals surface area contributed by atoms with Crippen molar-refractivity contribution < 1.29 is 19.2 Å². The Morgan fingerprint density at radius 3 is 2.44 bits per heavy atom. The fourth-order valence-corrected chi connectivity index (χ4v) is 3.55. The summed E-state index contributed by atoms with van der Waals surface area (Å²) in [6.45, 7) is 9.81. The monoisotopic (exact) mass is 352 g/mol. The van der Waals surface area contributed by atoms with Crippen molar-refractivity contribution in [2.75, 3.05) is 39.8 Å². The minimum atomic E-state index is -1.05. The molecule has 0 radical (unpaired) electrons. The summed E-state index contributed by atoms with van der Waals surface area (Å²) in [5.41, 5.74) is 0.0465. The van der Waals surface area contributed by atoms with Crippen LogP contribution in [0.15, 0.2) is 11.8 Å². The van der Waals surface area contributed by atoms with Crippen LogP contribution in [-0.4, -0.2) is 61.2 Å². The van der Waals surface area contributed by atoms with Crippen molar-refractivity contribution in [1.82, 2.24) is 10.6 Å². The van der Waals surface area contributed by atoms with E-state index in [2.05, 4.69) is 17.7 Å². The number of hydrogen-bond acceptors (Lipinski definition) is 3. The van der Waals surface area contributed by atoms with Gasteiger partial charge in [-0.25, -0.2) is 4.79 Å². The number of piperazine rings is 1. The molecule has 2 rings (SSSR count). The summed E-state index contributed by atoms with van der Waals surface area (Å²) in [6, 6.07) is 0. The maximum Gasteiger partial charge on any atom is 0.352 e. The molecular weight excluding hydrogens is 318 g/mol. The van der Waals surface area contributed by atoms with Crippen LogP contribution < -0.4 is 10.6 Å². The number of carbonyl (C=O) groups is 2. The van der Waals surface area contributed by atoms with E-state index in [0.717, 1.165) is 43.3 Å². The number of quaternary nitrogens is 1. The van der Waals surface area contributed by atoms with Gasteiger partial charge >= 0.3 is 5.97 Å². The number of aliphatic carboxylic acids is 1. The molecule has 0 spiro atoms. The number of hydrogen-bond donors (Lipinski definition) is 3. The molecule has 1 aliphatic heterocycles. The van der Waals surface area contributed by atoms with E-state index < -0.39 is 5.97 Å². The Hall–Kier alpha value is -1.40. The van der Waals surface area contributed by atoms with Gasteiger partial charge in [-0.3, -0.25) is 4.79 Å². The Balaban J connectivity index is 1.67. The first-order chi connectivity index (χ1) is 11.7. The lowest BCUT2D eigenvalue weighted by Crippen LogP contribution is -2.56. The lowest BCUT2D eigenvalue weighted by Gasteiger charge is -2.38. The van der Waals surface area contributed by atoms with E-state index in [4.69, 9.17) is 0 Å². The average molecular weight is 352 g/mol. The Bertz CT molecular complexity index is 522. The number of rotatable bonds is 9. The topological polar surface area (TPSA) is 78.4 Å². The van der Waals surface area contributed by atoms with Crippen LogP contribution in [0.1, 0.15) is 46.0 Å². The third-order valence-electron chi connectivity index (χ3n) is 5.73. The first-order valence-electron chi connectivity index (χ1n) is 9.52. The van der Waals surface area contributed by atoms with Crippen molar-refractivity contribution in [1.29, 1.82) is 0 Å². The number of likely N-dealkylation sites (N-methyl/N-ethyl adjacent to an activating group) is 1. The van der Waals surface area contributed by atoms with Gasteiger partial charge in [0.2, 0.25) is 5.91 Å². The molecule has 1 saturated heterocycles. The maximum absolute atomic E-state index is 12.1. The van der Waals surface area contributed by atoms with E-state index in [1.807, 2.05) is 13.8 Å². The first kappa shape index (κ1) is 19.9. The maximum atomic E-state index is 12.1. The summed E-state index contributed by atoms with van der Waals surface area (Å²) in [5.74, 6) is -1.26. The van der Waals surface area contributed by atoms with Crippen LogP contribution in [0.3, 0.4) is 0 Å². The molecule has 0 aromatic rings. The molecule has 1 heterocycles. The van der Waals surface area contributed by atoms with Crippen LogP contribution in [0.2, 0.25) is 0 Å². The molecule has 6 heteroatoms. The van der Waals surface area contributed by atoms with Crippen molar-refractivity contribution >= 4 is 11.9 Å². The van der Waals surface area contributed by atoms with Crippen LogP contribution in [0.4, 0.5) is 0 Å². The number of amides is 1. The van der Waals surface area contributed by atoms with Gasteiger partial charge in [-0.1, -0.05) is 19.9 Å². The van der Waals surface area contributed by atoms with Crippen LogP contribution >= 0.6 is 0 Å². The van der Waals surface area contributed by atoms with E-state index in [0.29, 0.717) is 6.42 Å². The van der Waals surface area contributed by atoms with Gasteiger partial charge < -0.3 is 20.2 Å². The zero-order valence-corrected chi connectivity index (χ0v) is 15.9. The number of carboxylic acid groups (broad SMARTS) is 1. The molecule has 6 nitrogen and oxygen atoms in total. The minimum Gasteiger partial charge on any atom is -0.477 e. The minimum absolute atomic E-state index is 0.0106. The van der Waals surface area contributed by atoms with Crippen molar-refractivity contribution in [2.45, 2.75) is 46.0 Å². The molecule has 2 fully saturated rings. The largest absolute Gasteiger partial charge is 0.477 e. The molecule has 0 aromatic heterocycles. The third-order valence-corrected chi connectivity index (χ3v) is 5.73. The molecule has 1 saturated carbocycles. The predicted octanol–water partition coefficient (Wildman–Crippen LogP) is 1.73. The smallest absolute Gasteiger partial charge is 0.352 e. The number of nitrogens with zero attached hydrogens (tertiary/aromatic N) is 1. The molecule has 1 atom stereocenters. The highest BCUT2D eigenvalue weighted by Gasteiger charge is 2.50. The average Bonchev–Trinajstić information content (AvgIpc) is 3.18. The number of allylic oxidation sites excluding steroid dienone is 1. The summed E-state index contributed by atoms with van der Waals surface area (Å²) in [6.07, 6.45) is 6.40. The first-order valence-corrected chi connectivity index (χ1v) is 9.52. The predicted molar refractivity (Wildman–Crippen MR) is 97.9 cm³/mol. The molecule has 142 valence electrons. The van der Waals surface area contributed by atoms with Gasteiger partial charge in [0.1, 0.15) is 5.70 Å². The van der Waals surface area contributed by atoms with Crippen LogP contribution in [0, 0.1) is 11.3 Å². The quantitative estimate of drug-likeness (QED) is 0.335. The summed E-state index contributed by atoms with van der Waals surface area (Å²) < 4.78 is 1.14. The second-order valence-corrected chi connectivity index (χ2v) is 8.55. The Kier molecular flexibility index (Phi) is 6.63. The Morgan fingerprint density at radius 2 is 1.88 bits per heavy atom. The van der Waals surface area contributed by atoms with E-state index in [1.54, 1.807) is 6.08 Å². The fourth-order valence-electron chi connectivity index (χ4n) is 3.55. The van der Waals surface area contributed by atoms with Gasteiger partial charge in [-0.15, -0.1) is 0 Å². The highest BCUT2D eigenvalue weighted by molar-refractivity contribution is 5.94. The lowest BCUT2D eigenvalue weighted by atomic mass is 10.1. The molecule has 0 aromatic carbocycles. The molecule has 1 unspecified atom stereocenters. The van der Waals surface area contributed by atoms with Crippen molar-refractivity contribution in [3.63, 3.8) is 0 Å². The zero-order chi connectivity index (χ0) is 18.5. The fraction of sp³-hybridized carbons (Fsp3) is 0.789. The third kappa shape index (κ3) is 6.12. The lowest BCUT2D eigenvalue weighted by molar-refractivity contribution is -0.911. The van der Waals surface area contributed by atoms with Crippen LogP contribution in [-0.2, 0) is 9.59 Å². The van der Waals surface area contributed by atoms with Crippen molar-refractivity contribution in [2.24, 2.45) is 11.3 Å². The molecule has 1 amide bonds. The number of carbonyl (C=O) groups excluding carboxylic acids is 1. The van der Waals surface area contributed by atoms with Crippen LogP contribution in [0.25, 0.3) is 0 Å². The summed E-state index contributed by atoms with van der Waals surface area (Å²) in [7, 11) is 2.32. The molecular formula is C19H34N3O3+. The van der Waals surface area contributed by atoms with Gasteiger partial charge in [-0.05, 0) is 37.5 Å². The molecule has 1 aliphatic carbocycles. The summed E-state index contributed by atoms with van der Waals surface area (Å²) in [5, 5.41) is 15.3. The van der Waals surface area contributed by atoms with Gasteiger partial charge in [-0.2, -0.15) is 0 Å². The van der Waals surface area contributed by atoms with E-state index in [9.17, 15) is 14.7 Å². The molecule has 0 bridgehead atoms. The van der Waals surface area contributed by atoms with Gasteiger partial charge in [0.25, 0.3) is 0 Å². The van der Waals surface area contributed by atoms with E-state index in [1.165, 1.54) is 19.6 Å². The second kappa shape index (κ2) is 8.32. The Labute approximate surface area is 151 Å². The van der Waals surface area contributed by atoms with Gasteiger partial charge in [0.05, 0.1) is 26.7 Å². The number of unbranched alkanes of at least 4 members (excludes halogenated alkanes) is 3. The number of nitrogens with one attached hydrogen (secondary N) is 2. The molecule has 2 aliphatic rings. The SMILES string of the molecule is CC1(C)CC1C(=O)N/C(=C\CCCCC[N+]1(C)CCNCC1)C(=O)O. The highest BCUT2D eigenvalue weighted by Crippen LogP contribution is 2.51. The normalized spacial score (nSPS) is 24.6. The Morgan fingerprint density at radius 1 is 1.24 bits per heavy atom. The van der Waals surface area contributed by atoms with Gasteiger partial charge in [0, 0.05) is 19.0 Å². The van der Waals surface area contributed by atoms with E-state index >= 15 is 0 Å². The van der Waals surface area contributed by atoms with Crippen LogP contribution in [0.5, 0.6) is 0 Å². The molecule has 25 heavy (non-hydrogen) atoms. The second-order valence-electron chi connectivity index (χ2n) is 8.55. The van der Waals surface area contributed by atoms with Crippen molar-refractivity contribution in [3.8, 4) is 0 Å². The van der Waals surface area contributed by atoms with Gasteiger partial charge in [0.15, 0.2) is 0 Å². The highest BCUT2D eigenvalue weighted by atomic mass is 16.4. The molecule has 3 N–H and O–H groups in total. The summed E-state index contributed by atoms with van der Waals surface area (Å²) >= 11 is 0.